The zero-order valence-corrected chi connectivity index (χ0v) is 13.1. The summed E-state index contributed by atoms with van der Waals surface area (Å²) in [7, 11) is 0. The summed E-state index contributed by atoms with van der Waals surface area (Å²) in [5, 5.41) is 3.20. The number of halogens is 2. The minimum absolute atomic E-state index is 0. The van der Waals surface area contributed by atoms with Gasteiger partial charge in [0.1, 0.15) is 6.10 Å². The maximum atomic E-state index is 5.68. The quantitative estimate of drug-likeness (QED) is 0.834. The molecule has 0 amide bonds. The second kappa shape index (κ2) is 5.93. The number of nitrogens with zero attached hydrogens (tertiary/aromatic N) is 1. The number of benzene rings is 1. The Morgan fingerprint density at radius 1 is 1.33 bits per heavy atom. The monoisotopic (exact) mass is 332 g/mol. The lowest BCUT2D eigenvalue weighted by Crippen LogP contribution is -2.36. The first-order chi connectivity index (χ1) is 7.94. The third-order valence-electron chi connectivity index (χ3n) is 2.60. The number of rotatable bonds is 1. The van der Waals surface area contributed by atoms with Crippen molar-refractivity contribution in [2.24, 2.45) is 4.99 Å². The summed E-state index contributed by atoms with van der Waals surface area (Å²) in [6, 6.07) is 8.56. The van der Waals surface area contributed by atoms with Crippen LogP contribution >= 0.6 is 28.3 Å². The fraction of sp³-hybridized carbons (Fsp3) is 0.462. The summed E-state index contributed by atoms with van der Waals surface area (Å²) in [6.45, 7) is 6.31. The normalized spacial score (nSPS) is 21.3. The second-order valence-corrected chi connectivity index (χ2v) is 5.91. The van der Waals surface area contributed by atoms with E-state index in [0.29, 0.717) is 6.02 Å². The number of anilines is 1. The Bertz CT molecular complexity index is 431. The van der Waals surface area contributed by atoms with Gasteiger partial charge in [-0.1, -0.05) is 15.9 Å². The lowest BCUT2D eigenvalue weighted by molar-refractivity contribution is 0.144. The zero-order valence-electron chi connectivity index (χ0n) is 10.7. The molecule has 1 aliphatic heterocycles. The molecular formula is C13H18BrClN2O. The molecule has 0 spiro atoms. The van der Waals surface area contributed by atoms with E-state index in [9.17, 15) is 0 Å². The Labute approximate surface area is 123 Å². The Hall–Kier alpha value is -0.740. The van der Waals surface area contributed by atoms with Crippen molar-refractivity contribution in [3.05, 3.63) is 28.7 Å². The van der Waals surface area contributed by atoms with Crippen molar-refractivity contribution in [1.29, 1.82) is 0 Å². The lowest BCUT2D eigenvalue weighted by Gasteiger charge is -2.31. The molecule has 1 N–H and O–H groups in total. The molecule has 3 nitrogen and oxygen atoms in total. The molecule has 1 aliphatic rings. The van der Waals surface area contributed by atoms with Crippen LogP contribution in [0.4, 0.5) is 5.69 Å². The minimum atomic E-state index is -0.0602. The molecule has 18 heavy (non-hydrogen) atoms. The zero-order chi connectivity index (χ0) is 12.5. The van der Waals surface area contributed by atoms with Gasteiger partial charge in [-0.25, -0.2) is 4.99 Å². The van der Waals surface area contributed by atoms with Gasteiger partial charge < -0.3 is 10.1 Å². The first-order valence-corrected chi connectivity index (χ1v) is 6.53. The van der Waals surface area contributed by atoms with Crippen molar-refractivity contribution < 1.29 is 4.74 Å². The van der Waals surface area contributed by atoms with Gasteiger partial charge in [-0.05, 0) is 45.0 Å². The van der Waals surface area contributed by atoms with E-state index < -0.39 is 0 Å². The van der Waals surface area contributed by atoms with E-state index in [1.54, 1.807) is 0 Å². The summed E-state index contributed by atoms with van der Waals surface area (Å²) in [5.74, 6) is 0. The van der Waals surface area contributed by atoms with Gasteiger partial charge in [-0.15, -0.1) is 12.4 Å². The third-order valence-corrected chi connectivity index (χ3v) is 3.13. The van der Waals surface area contributed by atoms with E-state index in [2.05, 4.69) is 47.0 Å². The Kier molecular flexibility index (Phi) is 5.05. The first kappa shape index (κ1) is 15.3. The highest BCUT2D eigenvalue weighted by molar-refractivity contribution is 9.10. The highest BCUT2D eigenvalue weighted by Gasteiger charge is 2.28. The van der Waals surface area contributed by atoms with Crippen molar-refractivity contribution in [3.63, 3.8) is 0 Å². The van der Waals surface area contributed by atoms with Crippen LogP contribution in [-0.4, -0.2) is 17.7 Å². The molecule has 1 heterocycles. The molecule has 0 aliphatic carbocycles. The van der Waals surface area contributed by atoms with Crippen LogP contribution in [0.5, 0.6) is 0 Å². The molecule has 1 atom stereocenters. The van der Waals surface area contributed by atoms with Crippen LogP contribution < -0.4 is 5.32 Å². The van der Waals surface area contributed by atoms with Gasteiger partial charge in [0.15, 0.2) is 0 Å². The summed E-state index contributed by atoms with van der Waals surface area (Å²) >= 11 is 3.41. The van der Waals surface area contributed by atoms with Crippen LogP contribution in [0, 0.1) is 0 Å². The van der Waals surface area contributed by atoms with Crippen LogP contribution in [0.1, 0.15) is 27.2 Å². The number of hydrogen-bond acceptors (Lipinski definition) is 3. The van der Waals surface area contributed by atoms with Crippen molar-refractivity contribution in [1.82, 2.24) is 0 Å². The molecule has 1 aromatic rings. The first-order valence-electron chi connectivity index (χ1n) is 5.74. The number of nitrogens with one attached hydrogen (secondary N) is 1. The van der Waals surface area contributed by atoms with E-state index in [1.165, 1.54) is 0 Å². The molecule has 1 aromatic carbocycles. The van der Waals surface area contributed by atoms with Gasteiger partial charge in [0.2, 0.25) is 0 Å². The molecule has 0 aromatic heterocycles. The molecule has 0 saturated carbocycles. The summed E-state index contributed by atoms with van der Waals surface area (Å²) in [5.41, 5.74) is 0.923. The van der Waals surface area contributed by atoms with Gasteiger partial charge in [-0.2, -0.15) is 0 Å². The van der Waals surface area contributed by atoms with Crippen molar-refractivity contribution in [2.75, 3.05) is 5.32 Å². The van der Waals surface area contributed by atoms with Crippen molar-refractivity contribution in [3.8, 4) is 0 Å². The van der Waals surface area contributed by atoms with Gasteiger partial charge in [0.05, 0.1) is 5.54 Å². The van der Waals surface area contributed by atoms with Crippen LogP contribution in [0.3, 0.4) is 0 Å². The van der Waals surface area contributed by atoms with E-state index in [4.69, 9.17) is 4.74 Å². The average molecular weight is 334 g/mol. The molecule has 0 bridgehead atoms. The molecule has 100 valence electrons. The van der Waals surface area contributed by atoms with Crippen molar-refractivity contribution >= 4 is 40.0 Å². The van der Waals surface area contributed by atoms with Crippen LogP contribution in [0.15, 0.2) is 33.7 Å². The smallest absolute Gasteiger partial charge is 0.289 e. The number of aliphatic imine (C=N–C) groups is 1. The van der Waals surface area contributed by atoms with Crippen LogP contribution in [-0.2, 0) is 4.74 Å². The van der Waals surface area contributed by atoms with E-state index in [0.717, 1.165) is 16.6 Å². The predicted octanol–water partition coefficient (Wildman–Crippen LogP) is 4.23. The van der Waals surface area contributed by atoms with Gasteiger partial charge in [-0.3, -0.25) is 0 Å². The van der Waals surface area contributed by atoms with Crippen LogP contribution in [0.25, 0.3) is 0 Å². The van der Waals surface area contributed by atoms with E-state index >= 15 is 0 Å². The molecule has 5 heteroatoms. The minimum Gasteiger partial charge on any atom is -0.462 e. The van der Waals surface area contributed by atoms with Gasteiger partial charge in [0, 0.05) is 16.6 Å². The number of hydrogen-bond donors (Lipinski definition) is 1. The standard InChI is InChI=1S/C13H17BrN2O.ClH/c1-9-8-13(2,3)16-12(17-9)15-11-6-4-10(14)5-7-11;/h4-7,9H,8H2,1-3H3,(H,15,16);1H. The molecule has 0 fully saturated rings. The summed E-state index contributed by atoms with van der Waals surface area (Å²) < 4.78 is 6.74. The highest BCUT2D eigenvalue weighted by atomic mass is 79.9. The topological polar surface area (TPSA) is 33.6 Å². The maximum Gasteiger partial charge on any atom is 0.289 e. The van der Waals surface area contributed by atoms with Gasteiger partial charge in [0.25, 0.3) is 6.02 Å². The Morgan fingerprint density at radius 2 is 1.94 bits per heavy atom. The number of amidine groups is 1. The lowest BCUT2D eigenvalue weighted by atomic mass is 9.97. The average Bonchev–Trinajstić information content (AvgIpc) is 2.18. The maximum absolute atomic E-state index is 5.68. The molecule has 1 unspecified atom stereocenters. The molecule has 2 rings (SSSR count). The van der Waals surface area contributed by atoms with Crippen molar-refractivity contribution in [2.45, 2.75) is 38.8 Å². The Balaban J connectivity index is 0.00000162. The summed E-state index contributed by atoms with van der Waals surface area (Å²) in [4.78, 5) is 4.55. The Morgan fingerprint density at radius 3 is 2.50 bits per heavy atom. The summed E-state index contributed by atoms with van der Waals surface area (Å²) in [6.07, 6.45) is 1.14. The van der Waals surface area contributed by atoms with Gasteiger partial charge >= 0.3 is 0 Å². The van der Waals surface area contributed by atoms with E-state index in [-0.39, 0.29) is 24.0 Å². The molecule has 0 radical (unpaired) electrons. The number of ether oxygens (including phenoxy) is 1. The SMILES string of the molecule is CC1CC(C)(C)N=C(Nc2ccc(Br)cc2)O1.Cl. The second-order valence-electron chi connectivity index (χ2n) is 4.99. The fourth-order valence-electron chi connectivity index (χ4n) is 2.00. The highest BCUT2D eigenvalue weighted by Crippen LogP contribution is 2.24. The van der Waals surface area contributed by atoms with E-state index in [1.807, 2.05) is 24.3 Å². The predicted molar refractivity (Wildman–Crippen MR) is 81.7 cm³/mol. The largest absolute Gasteiger partial charge is 0.462 e. The third kappa shape index (κ3) is 4.18. The fourth-order valence-corrected chi connectivity index (χ4v) is 2.26. The van der Waals surface area contributed by atoms with Crippen LogP contribution in [0.2, 0.25) is 0 Å². The molecular weight excluding hydrogens is 316 g/mol. The molecule has 0 saturated heterocycles.